The lowest BCUT2D eigenvalue weighted by molar-refractivity contribution is -0.150. The number of nitrogens with two attached hydrogens (primary N) is 1. The first-order valence-corrected chi connectivity index (χ1v) is 8.93. The van der Waals surface area contributed by atoms with Crippen LogP contribution in [0.25, 0.3) is 0 Å². The van der Waals surface area contributed by atoms with Gasteiger partial charge in [-0.15, -0.1) is 0 Å². The minimum absolute atomic E-state index is 0.228. The number of rotatable bonds is 9. The maximum Gasteiger partial charge on any atom is 0.329 e. The lowest BCUT2D eigenvalue weighted by Gasteiger charge is -2.16. The smallest absolute Gasteiger partial charge is 0.329 e. The fourth-order valence-electron chi connectivity index (χ4n) is 1.78. The highest BCUT2D eigenvalue weighted by Crippen LogP contribution is 2.14. The van der Waals surface area contributed by atoms with E-state index in [1.54, 1.807) is 24.3 Å². The van der Waals surface area contributed by atoms with E-state index in [0.717, 1.165) is 5.56 Å². The molecule has 132 valence electrons. The number of nitrogens with one attached hydrogen (secondary N) is 2. The first kappa shape index (κ1) is 20.1. The number of amides is 3. The van der Waals surface area contributed by atoms with Crippen molar-refractivity contribution in [3.05, 3.63) is 34.9 Å². The summed E-state index contributed by atoms with van der Waals surface area (Å²) in [7, 11) is 0. The number of hydrogen-bond donors (Lipinski definition) is 3. The fourth-order valence-corrected chi connectivity index (χ4v) is 2.45. The Labute approximate surface area is 149 Å². The third kappa shape index (κ3) is 7.56. The molecule has 0 bridgehead atoms. The molecule has 3 amide bonds. The average molecular weight is 374 g/mol. The van der Waals surface area contributed by atoms with Crippen molar-refractivity contribution in [1.29, 1.82) is 0 Å². The van der Waals surface area contributed by atoms with E-state index in [1.807, 2.05) is 6.26 Å². The van der Waals surface area contributed by atoms with Gasteiger partial charge in [-0.1, -0.05) is 29.8 Å². The van der Waals surface area contributed by atoms with Gasteiger partial charge >= 0.3 is 12.0 Å². The van der Waals surface area contributed by atoms with Gasteiger partial charge in [0.25, 0.3) is 5.91 Å². The zero-order chi connectivity index (χ0) is 17.9. The van der Waals surface area contributed by atoms with Crippen LogP contribution in [0.4, 0.5) is 4.79 Å². The highest BCUT2D eigenvalue weighted by Gasteiger charge is 2.21. The number of carbonyl (C=O) groups is 3. The second kappa shape index (κ2) is 10.8. The molecule has 1 aromatic carbocycles. The lowest BCUT2D eigenvalue weighted by Crippen LogP contribution is -2.45. The van der Waals surface area contributed by atoms with Crippen molar-refractivity contribution < 1.29 is 19.1 Å². The van der Waals surface area contributed by atoms with Crippen molar-refractivity contribution in [2.45, 2.75) is 19.0 Å². The number of primary amides is 1. The Hall–Kier alpha value is -1.93. The van der Waals surface area contributed by atoms with Gasteiger partial charge in [0.1, 0.15) is 6.04 Å². The summed E-state index contributed by atoms with van der Waals surface area (Å²) in [5.74, 6) is -0.527. The predicted octanol–water partition coefficient (Wildman–Crippen LogP) is 1.29. The van der Waals surface area contributed by atoms with E-state index in [0.29, 0.717) is 17.2 Å². The lowest BCUT2D eigenvalue weighted by atomic mass is 10.2. The van der Waals surface area contributed by atoms with E-state index < -0.39 is 30.6 Å². The van der Waals surface area contributed by atoms with Crippen LogP contribution in [0.2, 0.25) is 5.02 Å². The molecule has 0 spiro atoms. The van der Waals surface area contributed by atoms with Crippen LogP contribution in [0, 0.1) is 0 Å². The highest BCUT2D eigenvalue weighted by atomic mass is 35.5. The molecule has 7 nitrogen and oxygen atoms in total. The Morgan fingerprint density at radius 3 is 2.67 bits per heavy atom. The molecule has 0 saturated heterocycles. The first-order valence-electron chi connectivity index (χ1n) is 7.15. The van der Waals surface area contributed by atoms with Crippen LogP contribution in [0.1, 0.15) is 12.0 Å². The van der Waals surface area contributed by atoms with Gasteiger partial charge < -0.3 is 21.1 Å². The topological polar surface area (TPSA) is 111 Å². The molecule has 0 aliphatic carbocycles. The number of benzene rings is 1. The molecule has 9 heteroatoms. The number of carbonyl (C=O) groups excluding carboxylic acids is 3. The molecule has 1 rings (SSSR count). The van der Waals surface area contributed by atoms with E-state index >= 15 is 0 Å². The predicted molar refractivity (Wildman–Crippen MR) is 93.8 cm³/mol. The van der Waals surface area contributed by atoms with E-state index in [9.17, 15) is 14.4 Å². The monoisotopic (exact) mass is 373 g/mol. The highest BCUT2D eigenvalue weighted by molar-refractivity contribution is 7.98. The maximum absolute atomic E-state index is 11.9. The van der Waals surface area contributed by atoms with Crippen LogP contribution >= 0.6 is 23.4 Å². The molecule has 0 saturated carbocycles. The zero-order valence-corrected chi connectivity index (χ0v) is 14.8. The quantitative estimate of drug-likeness (QED) is 0.565. The summed E-state index contributed by atoms with van der Waals surface area (Å²) in [6, 6.07) is 5.40. The van der Waals surface area contributed by atoms with Crippen LogP contribution in [-0.2, 0) is 20.9 Å². The number of ether oxygens (including phenoxy) is 1. The van der Waals surface area contributed by atoms with Crippen LogP contribution in [-0.4, -0.2) is 42.6 Å². The second-order valence-corrected chi connectivity index (χ2v) is 6.21. The molecule has 0 heterocycles. The average Bonchev–Trinajstić information content (AvgIpc) is 2.55. The van der Waals surface area contributed by atoms with Gasteiger partial charge in [-0.3, -0.25) is 4.79 Å². The summed E-state index contributed by atoms with van der Waals surface area (Å²) >= 11 is 7.50. The molecule has 0 aromatic heterocycles. The van der Waals surface area contributed by atoms with Gasteiger partial charge in [-0.05, 0) is 30.1 Å². The Bertz CT molecular complexity index is 586. The van der Waals surface area contributed by atoms with Gasteiger partial charge in [0.05, 0.1) is 0 Å². The molecule has 0 unspecified atom stereocenters. The summed E-state index contributed by atoms with van der Waals surface area (Å²) in [5.41, 5.74) is 5.79. The maximum atomic E-state index is 11.9. The molecule has 0 fully saturated rings. The molecular weight excluding hydrogens is 354 g/mol. The van der Waals surface area contributed by atoms with Crippen molar-refractivity contribution in [3.8, 4) is 0 Å². The first-order chi connectivity index (χ1) is 11.4. The largest absolute Gasteiger partial charge is 0.454 e. The standard InChI is InChI=1S/C15H20ClN3O4S/c1-24-7-6-12(19-15(17)22)14(21)23-9-13(20)18-8-10-4-2-3-5-11(10)16/h2-5,12H,6-9H2,1H3,(H,18,20)(H3,17,19,22)/t12-/m0/s1. The third-order valence-electron chi connectivity index (χ3n) is 2.99. The Morgan fingerprint density at radius 2 is 2.04 bits per heavy atom. The Morgan fingerprint density at radius 1 is 1.33 bits per heavy atom. The molecule has 0 aliphatic rings. The van der Waals surface area contributed by atoms with Crippen molar-refractivity contribution >= 4 is 41.3 Å². The fraction of sp³-hybridized carbons (Fsp3) is 0.400. The van der Waals surface area contributed by atoms with Gasteiger partial charge in [-0.2, -0.15) is 11.8 Å². The van der Waals surface area contributed by atoms with Gasteiger partial charge in [0.15, 0.2) is 6.61 Å². The summed E-state index contributed by atoms with van der Waals surface area (Å²) in [5, 5.41) is 5.45. The van der Waals surface area contributed by atoms with Gasteiger partial charge in [0, 0.05) is 11.6 Å². The number of urea groups is 1. The third-order valence-corrected chi connectivity index (χ3v) is 4.00. The molecule has 0 aliphatic heterocycles. The number of hydrogen-bond acceptors (Lipinski definition) is 5. The van der Waals surface area contributed by atoms with Crippen LogP contribution < -0.4 is 16.4 Å². The van der Waals surface area contributed by atoms with E-state index in [4.69, 9.17) is 22.1 Å². The van der Waals surface area contributed by atoms with Crippen molar-refractivity contribution in [1.82, 2.24) is 10.6 Å². The van der Waals surface area contributed by atoms with E-state index in [1.165, 1.54) is 11.8 Å². The normalized spacial score (nSPS) is 11.4. The molecule has 24 heavy (non-hydrogen) atoms. The van der Waals surface area contributed by atoms with Gasteiger partial charge in [0.2, 0.25) is 0 Å². The summed E-state index contributed by atoms with van der Waals surface area (Å²) in [4.78, 5) is 34.6. The van der Waals surface area contributed by atoms with Crippen molar-refractivity contribution in [2.24, 2.45) is 5.73 Å². The van der Waals surface area contributed by atoms with Crippen LogP contribution in [0.3, 0.4) is 0 Å². The summed E-state index contributed by atoms with van der Waals surface area (Å²) < 4.78 is 4.92. The molecule has 4 N–H and O–H groups in total. The van der Waals surface area contributed by atoms with Crippen molar-refractivity contribution in [3.63, 3.8) is 0 Å². The zero-order valence-electron chi connectivity index (χ0n) is 13.2. The summed E-state index contributed by atoms with van der Waals surface area (Å²) in [6.07, 6.45) is 2.24. The number of thioether (sulfide) groups is 1. The molecular formula is C15H20ClN3O4S. The molecule has 0 radical (unpaired) electrons. The van der Waals surface area contributed by atoms with Crippen LogP contribution in [0.15, 0.2) is 24.3 Å². The number of esters is 1. The Balaban J connectivity index is 2.42. The second-order valence-electron chi connectivity index (χ2n) is 4.82. The molecule has 1 aromatic rings. The minimum Gasteiger partial charge on any atom is -0.454 e. The summed E-state index contributed by atoms with van der Waals surface area (Å²) in [6.45, 7) is -0.217. The van der Waals surface area contributed by atoms with E-state index in [-0.39, 0.29) is 6.54 Å². The molecule has 1 atom stereocenters. The van der Waals surface area contributed by atoms with Gasteiger partial charge in [-0.25, -0.2) is 9.59 Å². The Kier molecular flexibility index (Phi) is 9.03. The SMILES string of the molecule is CSCC[C@H](NC(N)=O)C(=O)OCC(=O)NCc1ccccc1Cl. The van der Waals surface area contributed by atoms with Crippen molar-refractivity contribution in [2.75, 3.05) is 18.6 Å². The van der Waals surface area contributed by atoms with E-state index in [2.05, 4.69) is 10.6 Å². The van der Waals surface area contributed by atoms with Crippen LogP contribution in [0.5, 0.6) is 0 Å². The number of halogens is 1. The minimum atomic E-state index is -0.869.